The molecule has 0 aliphatic carbocycles. The van der Waals surface area contributed by atoms with E-state index in [9.17, 15) is 0 Å². The fourth-order valence-electron chi connectivity index (χ4n) is 2.13. The number of ether oxygens (including phenoxy) is 2. The summed E-state index contributed by atoms with van der Waals surface area (Å²) in [7, 11) is 3.25. The summed E-state index contributed by atoms with van der Waals surface area (Å²) in [4.78, 5) is 4.53. The quantitative estimate of drug-likeness (QED) is 0.725. The highest BCUT2D eigenvalue weighted by Gasteiger charge is 2.14. The van der Waals surface area contributed by atoms with Gasteiger partial charge in [0.05, 0.1) is 19.8 Å². The van der Waals surface area contributed by atoms with Crippen LogP contribution in [0.3, 0.4) is 0 Å². The average Bonchev–Trinajstić information content (AvgIpc) is 2.89. The van der Waals surface area contributed by atoms with E-state index in [1.807, 2.05) is 43.3 Å². The first-order valence-electron chi connectivity index (χ1n) is 6.31. The molecule has 102 valence electrons. The van der Waals surface area contributed by atoms with Crippen LogP contribution in [0.1, 0.15) is 5.56 Å². The van der Waals surface area contributed by atoms with Gasteiger partial charge in [0, 0.05) is 0 Å². The van der Waals surface area contributed by atoms with Crippen LogP contribution in [0.15, 0.2) is 40.8 Å². The molecular formula is C16H15NO3. The van der Waals surface area contributed by atoms with Crippen molar-refractivity contribution in [3.63, 3.8) is 0 Å². The maximum atomic E-state index is 5.80. The summed E-state index contributed by atoms with van der Waals surface area (Å²) in [6, 6.07) is 11.5. The number of fused-ring (bicyclic) bond motifs is 1. The van der Waals surface area contributed by atoms with E-state index in [4.69, 9.17) is 13.9 Å². The van der Waals surface area contributed by atoms with Crippen LogP contribution >= 0.6 is 0 Å². The molecule has 20 heavy (non-hydrogen) atoms. The van der Waals surface area contributed by atoms with Gasteiger partial charge < -0.3 is 13.9 Å². The Morgan fingerprint density at radius 3 is 2.60 bits per heavy atom. The van der Waals surface area contributed by atoms with Gasteiger partial charge in [0.25, 0.3) is 0 Å². The average molecular weight is 269 g/mol. The van der Waals surface area contributed by atoms with Crippen molar-refractivity contribution in [1.29, 1.82) is 0 Å². The number of benzene rings is 2. The normalized spacial score (nSPS) is 10.8. The minimum Gasteiger partial charge on any atom is -0.497 e. The minimum absolute atomic E-state index is 0.529. The summed E-state index contributed by atoms with van der Waals surface area (Å²) >= 11 is 0. The predicted octanol–water partition coefficient (Wildman–Crippen LogP) is 3.82. The second-order valence-corrected chi connectivity index (χ2v) is 4.56. The fraction of sp³-hybridized carbons (Fsp3) is 0.188. The molecule has 0 atom stereocenters. The lowest BCUT2D eigenvalue weighted by atomic mass is 10.2. The van der Waals surface area contributed by atoms with Crippen LogP contribution in [-0.4, -0.2) is 19.2 Å². The van der Waals surface area contributed by atoms with Crippen LogP contribution in [-0.2, 0) is 0 Å². The SMILES string of the molecule is COc1ccc(OC)c(-c2nc3cc(C)ccc3o2)c1. The Morgan fingerprint density at radius 2 is 1.85 bits per heavy atom. The lowest BCUT2D eigenvalue weighted by molar-refractivity contribution is 0.403. The molecule has 0 radical (unpaired) electrons. The monoisotopic (exact) mass is 269 g/mol. The summed E-state index contributed by atoms with van der Waals surface area (Å²) in [5.41, 5.74) is 3.52. The Hall–Kier alpha value is -2.49. The summed E-state index contributed by atoms with van der Waals surface area (Å²) in [5.74, 6) is 1.97. The van der Waals surface area contributed by atoms with Gasteiger partial charge in [-0.05, 0) is 42.8 Å². The maximum Gasteiger partial charge on any atom is 0.231 e. The maximum absolute atomic E-state index is 5.80. The molecule has 0 unspecified atom stereocenters. The van der Waals surface area contributed by atoms with Gasteiger partial charge in [-0.15, -0.1) is 0 Å². The number of aryl methyl sites for hydroxylation is 1. The number of oxazole rings is 1. The van der Waals surface area contributed by atoms with E-state index in [0.29, 0.717) is 11.6 Å². The smallest absolute Gasteiger partial charge is 0.231 e. The van der Waals surface area contributed by atoms with Crippen LogP contribution < -0.4 is 9.47 Å². The predicted molar refractivity (Wildman–Crippen MR) is 77.3 cm³/mol. The van der Waals surface area contributed by atoms with E-state index < -0.39 is 0 Å². The Labute approximate surface area is 117 Å². The molecule has 0 amide bonds. The topological polar surface area (TPSA) is 44.5 Å². The highest BCUT2D eigenvalue weighted by molar-refractivity contribution is 5.78. The van der Waals surface area contributed by atoms with Crippen LogP contribution in [0.25, 0.3) is 22.6 Å². The van der Waals surface area contributed by atoms with E-state index in [-0.39, 0.29) is 0 Å². The zero-order chi connectivity index (χ0) is 14.1. The van der Waals surface area contributed by atoms with Gasteiger partial charge in [0.2, 0.25) is 5.89 Å². The van der Waals surface area contributed by atoms with Gasteiger partial charge in [-0.2, -0.15) is 0 Å². The molecule has 0 aliphatic rings. The molecule has 3 aromatic rings. The van der Waals surface area contributed by atoms with Crippen LogP contribution in [0.5, 0.6) is 11.5 Å². The summed E-state index contributed by atoms with van der Waals surface area (Å²) in [6.45, 7) is 2.03. The molecule has 0 saturated carbocycles. The van der Waals surface area contributed by atoms with Crippen molar-refractivity contribution in [2.45, 2.75) is 6.92 Å². The Kier molecular flexibility index (Phi) is 3.06. The summed E-state index contributed by atoms with van der Waals surface area (Å²) < 4.78 is 16.4. The summed E-state index contributed by atoms with van der Waals surface area (Å²) in [5, 5.41) is 0. The number of aromatic nitrogens is 1. The molecule has 0 N–H and O–H groups in total. The van der Waals surface area contributed by atoms with E-state index in [1.54, 1.807) is 14.2 Å². The third-order valence-corrected chi connectivity index (χ3v) is 3.18. The van der Waals surface area contributed by atoms with Crippen LogP contribution in [0.2, 0.25) is 0 Å². The van der Waals surface area contributed by atoms with E-state index in [1.165, 1.54) is 0 Å². The van der Waals surface area contributed by atoms with Crippen molar-refractivity contribution in [3.8, 4) is 23.0 Å². The summed E-state index contributed by atoms with van der Waals surface area (Å²) in [6.07, 6.45) is 0. The van der Waals surface area contributed by atoms with Crippen molar-refractivity contribution >= 4 is 11.1 Å². The second-order valence-electron chi connectivity index (χ2n) is 4.56. The zero-order valence-electron chi connectivity index (χ0n) is 11.6. The number of hydrogen-bond acceptors (Lipinski definition) is 4. The molecule has 0 bridgehead atoms. The van der Waals surface area contributed by atoms with Gasteiger partial charge in [-0.25, -0.2) is 4.98 Å². The third-order valence-electron chi connectivity index (χ3n) is 3.18. The van der Waals surface area contributed by atoms with Gasteiger partial charge >= 0.3 is 0 Å². The van der Waals surface area contributed by atoms with Gasteiger partial charge in [-0.3, -0.25) is 0 Å². The van der Waals surface area contributed by atoms with Crippen LogP contribution in [0, 0.1) is 6.92 Å². The molecule has 0 saturated heterocycles. The third kappa shape index (κ3) is 2.09. The minimum atomic E-state index is 0.529. The van der Waals surface area contributed by atoms with Gasteiger partial charge in [0.15, 0.2) is 5.58 Å². The van der Waals surface area contributed by atoms with Crippen molar-refractivity contribution in [2.75, 3.05) is 14.2 Å². The number of rotatable bonds is 3. The van der Waals surface area contributed by atoms with E-state index in [2.05, 4.69) is 4.98 Å². The fourth-order valence-corrected chi connectivity index (χ4v) is 2.13. The first-order chi connectivity index (χ1) is 9.71. The Bertz CT molecular complexity index is 762. The molecular weight excluding hydrogens is 254 g/mol. The van der Waals surface area contributed by atoms with Crippen molar-refractivity contribution < 1.29 is 13.9 Å². The molecule has 4 heteroatoms. The highest BCUT2D eigenvalue weighted by Crippen LogP contribution is 2.34. The van der Waals surface area contributed by atoms with Gasteiger partial charge in [0.1, 0.15) is 17.0 Å². The van der Waals surface area contributed by atoms with E-state index >= 15 is 0 Å². The zero-order valence-corrected chi connectivity index (χ0v) is 11.6. The second kappa shape index (κ2) is 4.89. The lowest BCUT2D eigenvalue weighted by Gasteiger charge is -2.07. The molecule has 4 nitrogen and oxygen atoms in total. The first kappa shape index (κ1) is 12.5. The largest absolute Gasteiger partial charge is 0.497 e. The Morgan fingerprint density at radius 1 is 1.00 bits per heavy atom. The molecule has 1 aromatic heterocycles. The van der Waals surface area contributed by atoms with Crippen molar-refractivity contribution in [3.05, 3.63) is 42.0 Å². The van der Waals surface area contributed by atoms with Crippen molar-refractivity contribution in [2.24, 2.45) is 0 Å². The molecule has 3 rings (SSSR count). The number of methoxy groups -OCH3 is 2. The first-order valence-corrected chi connectivity index (χ1v) is 6.31. The molecule has 0 fully saturated rings. The molecule has 2 aromatic carbocycles. The number of nitrogens with zero attached hydrogens (tertiary/aromatic N) is 1. The van der Waals surface area contributed by atoms with Crippen LogP contribution in [0.4, 0.5) is 0 Å². The molecule has 1 heterocycles. The van der Waals surface area contributed by atoms with Crippen molar-refractivity contribution in [1.82, 2.24) is 4.98 Å². The molecule has 0 aliphatic heterocycles. The Balaban J connectivity index is 2.18. The highest BCUT2D eigenvalue weighted by atomic mass is 16.5. The lowest BCUT2D eigenvalue weighted by Crippen LogP contribution is -1.90. The number of hydrogen-bond donors (Lipinski definition) is 0. The van der Waals surface area contributed by atoms with Gasteiger partial charge in [-0.1, -0.05) is 6.07 Å². The van der Waals surface area contributed by atoms with E-state index in [0.717, 1.165) is 28.0 Å². The molecule has 0 spiro atoms. The standard InChI is InChI=1S/C16H15NO3/c1-10-4-6-15-13(8-10)17-16(20-15)12-9-11(18-2)5-7-14(12)19-3/h4-9H,1-3H3.